The summed E-state index contributed by atoms with van der Waals surface area (Å²) in [5.41, 5.74) is 0. The van der Waals surface area contributed by atoms with Crippen LogP contribution in [0.2, 0.25) is 0 Å². The predicted molar refractivity (Wildman–Crippen MR) is 57.5 cm³/mol. The maximum atomic E-state index is 9.00. The Morgan fingerprint density at radius 3 is 1.19 bits per heavy atom. The molecule has 0 saturated carbocycles. The molecule has 0 radical (unpaired) electrons. The average Bonchev–Trinajstić information content (AvgIpc) is 2.05. The van der Waals surface area contributed by atoms with Crippen molar-refractivity contribution in [2.45, 2.75) is 34.6 Å². The molecule has 0 saturated heterocycles. The van der Waals surface area contributed by atoms with Crippen molar-refractivity contribution in [1.82, 2.24) is 4.90 Å². The summed E-state index contributed by atoms with van der Waals surface area (Å²) in [5, 5.41) is 16.3. The number of aliphatic carboxylic acids is 2. The quantitative estimate of drug-likeness (QED) is 0.542. The number of carboxylic acid groups (broad SMARTS) is 2. The molecule has 0 rings (SSSR count). The van der Waals surface area contributed by atoms with Gasteiger partial charge in [0, 0.05) is 12.9 Å². The van der Waals surface area contributed by atoms with Crippen LogP contribution in [0.1, 0.15) is 34.6 Å². The number of carbonyl (C=O) groups is 2. The van der Waals surface area contributed by atoms with E-state index < -0.39 is 11.9 Å². The van der Waals surface area contributed by atoms with E-state index in [0.29, 0.717) is 0 Å². The Kier molecular flexibility index (Phi) is 31.7. The summed E-state index contributed by atoms with van der Waals surface area (Å²) in [6.07, 6.45) is 0. The topological polar surface area (TPSA) is 80.7 Å². The zero-order chi connectivity index (χ0) is 12.9. The SMILES string of the molecule is CC(=O)O.CC(=O)[O-].CCN(CC)CC.[Na+]. The number of rotatable bonds is 3. The van der Waals surface area contributed by atoms with Crippen LogP contribution in [0.5, 0.6) is 0 Å². The van der Waals surface area contributed by atoms with Crippen LogP contribution in [0.4, 0.5) is 0 Å². The summed E-state index contributed by atoms with van der Waals surface area (Å²) in [6.45, 7) is 12.2. The van der Waals surface area contributed by atoms with E-state index in [9.17, 15) is 0 Å². The van der Waals surface area contributed by atoms with Crippen LogP contribution < -0.4 is 34.7 Å². The van der Waals surface area contributed by atoms with Gasteiger partial charge in [-0.1, -0.05) is 20.8 Å². The van der Waals surface area contributed by atoms with Gasteiger partial charge in [0.25, 0.3) is 5.97 Å². The summed E-state index contributed by atoms with van der Waals surface area (Å²) in [5.74, 6) is -1.92. The third kappa shape index (κ3) is 66.4. The first-order valence-electron chi connectivity index (χ1n) is 4.91. The van der Waals surface area contributed by atoms with E-state index in [1.54, 1.807) is 0 Å². The largest absolute Gasteiger partial charge is 1.00 e. The minimum absolute atomic E-state index is 0. The molecule has 5 nitrogen and oxygen atoms in total. The van der Waals surface area contributed by atoms with Gasteiger partial charge in [0.05, 0.1) is 0 Å². The van der Waals surface area contributed by atoms with E-state index in [0.717, 1.165) is 13.8 Å². The van der Waals surface area contributed by atoms with E-state index in [2.05, 4.69) is 25.7 Å². The molecule has 0 fully saturated rings. The number of hydrogen-bond donors (Lipinski definition) is 1. The molecule has 0 aromatic rings. The third-order valence-electron chi connectivity index (χ3n) is 1.34. The van der Waals surface area contributed by atoms with Crippen molar-refractivity contribution in [1.29, 1.82) is 0 Å². The standard InChI is InChI=1S/C6H15N.2C2H4O2.Na/c1-4-7(5-2)6-3;2*1-2(3)4;/h4-6H2,1-3H3;2*1H3,(H,3,4);/q;;;+1/p-1. The third-order valence-corrected chi connectivity index (χ3v) is 1.34. The van der Waals surface area contributed by atoms with Crippen molar-refractivity contribution < 1.29 is 49.4 Å². The van der Waals surface area contributed by atoms with Gasteiger partial charge in [-0.3, -0.25) is 4.79 Å². The van der Waals surface area contributed by atoms with Gasteiger partial charge in [-0.15, -0.1) is 0 Å². The molecule has 92 valence electrons. The molecular weight excluding hydrogens is 221 g/mol. The van der Waals surface area contributed by atoms with Gasteiger partial charge in [-0.2, -0.15) is 0 Å². The van der Waals surface area contributed by atoms with Crippen molar-refractivity contribution in [3.05, 3.63) is 0 Å². The molecule has 0 amide bonds. The fourth-order valence-corrected chi connectivity index (χ4v) is 0.671. The summed E-state index contributed by atoms with van der Waals surface area (Å²) < 4.78 is 0. The molecule has 0 aromatic carbocycles. The molecule has 0 aromatic heterocycles. The van der Waals surface area contributed by atoms with E-state index in [1.807, 2.05) is 0 Å². The van der Waals surface area contributed by atoms with E-state index in [1.165, 1.54) is 19.6 Å². The molecule has 0 atom stereocenters. The van der Waals surface area contributed by atoms with Crippen molar-refractivity contribution in [3.63, 3.8) is 0 Å². The number of hydrogen-bond acceptors (Lipinski definition) is 4. The van der Waals surface area contributed by atoms with Crippen molar-refractivity contribution in [2.24, 2.45) is 0 Å². The summed E-state index contributed by atoms with van der Waals surface area (Å²) in [6, 6.07) is 0. The minimum Gasteiger partial charge on any atom is -0.550 e. The second-order valence-electron chi connectivity index (χ2n) is 2.63. The Hall–Kier alpha value is -0.100. The van der Waals surface area contributed by atoms with Crippen molar-refractivity contribution >= 4 is 11.9 Å². The Bertz CT molecular complexity index is 135. The van der Waals surface area contributed by atoms with E-state index in [4.69, 9.17) is 19.8 Å². The molecule has 16 heavy (non-hydrogen) atoms. The van der Waals surface area contributed by atoms with Gasteiger partial charge in [0.1, 0.15) is 0 Å². The van der Waals surface area contributed by atoms with Gasteiger partial charge in [0.2, 0.25) is 0 Å². The fourth-order valence-electron chi connectivity index (χ4n) is 0.671. The van der Waals surface area contributed by atoms with Gasteiger partial charge in [-0.05, 0) is 26.6 Å². The van der Waals surface area contributed by atoms with Crippen LogP contribution in [-0.4, -0.2) is 41.6 Å². The molecule has 0 aliphatic carbocycles. The Morgan fingerprint density at radius 2 is 1.19 bits per heavy atom. The first-order valence-corrected chi connectivity index (χ1v) is 4.91. The smallest absolute Gasteiger partial charge is 0.550 e. The Labute approximate surface area is 120 Å². The van der Waals surface area contributed by atoms with Gasteiger partial charge < -0.3 is 19.9 Å². The van der Waals surface area contributed by atoms with Gasteiger partial charge in [0.15, 0.2) is 0 Å². The number of carbonyl (C=O) groups excluding carboxylic acids is 1. The van der Waals surface area contributed by atoms with Gasteiger partial charge >= 0.3 is 29.6 Å². The van der Waals surface area contributed by atoms with Crippen molar-refractivity contribution in [3.8, 4) is 0 Å². The van der Waals surface area contributed by atoms with Crippen LogP contribution >= 0.6 is 0 Å². The zero-order valence-corrected chi connectivity index (χ0v) is 13.2. The fraction of sp³-hybridized carbons (Fsp3) is 0.800. The molecule has 0 unspecified atom stereocenters. The van der Waals surface area contributed by atoms with Crippen LogP contribution in [0.3, 0.4) is 0 Å². The minimum atomic E-state index is -1.08. The maximum absolute atomic E-state index is 9.00. The second-order valence-corrected chi connectivity index (χ2v) is 2.63. The molecule has 0 bridgehead atoms. The van der Waals surface area contributed by atoms with Crippen LogP contribution in [0.25, 0.3) is 0 Å². The van der Waals surface area contributed by atoms with Gasteiger partial charge in [-0.25, -0.2) is 0 Å². The zero-order valence-electron chi connectivity index (χ0n) is 11.2. The Morgan fingerprint density at radius 1 is 1.06 bits per heavy atom. The first-order chi connectivity index (χ1) is 6.81. The molecule has 1 N–H and O–H groups in total. The predicted octanol–water partition coefficient (Wildman–Crippen LogP) is -2.80. The van der Waals surface area contributed by atoms with Crippen LogP contribution in [0, 0.1) is 0 Å². The molecule has 6 heteroatoms. The molecular formula is C10H22NNaO4. The molecule has 0 heterocycles. The first kappa shape index (κ1) is 24.9. The summed E-state index contributed by atoms with van der Waals surface area (Å²) in [7, 11) is 0. The Balaban J connectivity index is -0.0000000700. The van der Waals surface area contributed by atoms with Crippen LogP contribution in [-0.2, 0) is 9.59 Å². The monoisotopic (exact) mass is 243 g/mol. The molecule has 0 aliphatic rings. The van der Waals surface area contributed by atoms with E-state index in [-0.39, 0.29) is 29.6 Å². The van der Waals surface area contributed by atoms with Crippen molar-refractivity contribution in [2.75, 3.05) is 19.6 Å². The van der Waals surface area contributed by atoms with Crippen LogP contribution in [0.15, 0.2) is 0 Å². The normalized spacial score (nSPS) is 7.62. The number of carboxylic acids is 2. The molecule has 0 aliphatic heterocycles. The maximum Gasteiger partial charge on any atom is 1.00 e. The molecule has 0 spiro atoms. The summed E-state index contributed by atoms with van der Waals surface area (Å²) >= 11 is 0. The average molecular weight is 243 g/mol. The number of nitrogens with zero attached hydrogens (tertiary/aromatic N) is 1. The van der Waals surface area contributed by atoms with E-state index >= 15 is 0 Å². The summed E-state index contributed by atoms with van der Waals surface area (Å²) in [4.78, 5) is 20.3. The second kappa shape index (κ2) is 20.3.